The standard InChI is InChI=1S/C27H41N3O3/c1-7-15-27(6)17-21(16-20(8-2)30(27)19(5)14-13-18(3)4)29-23-12-10-9-11-22(23)28-24(25(29)31)26(32)33/h9-12,18-21H,7-8,13-17H2,1-6H3,(H,32,33)/t19?,20-,21+,27?/m0/s1. The number of carboxylic acids is 1. The molecule has 6 heteroatoms. The largest absolute Gasteiger partial charge is 0.476 e. The van der Waals surface area contributed by atoms with Gasteiger partial charge in [-0.25, -0.2) is 9.78 Å². The number of rotatable bonds is 9. The predicted molar refractivity (Wildman–Crippen MR) is 134 cm³/mol. The third-order valence-corrected chi connectivity index (χ3v) is 7.50. The van der Waals surface area contributed by atoms with E-state index in [1.807, 2.05) is 18.2 Å². The van der Waals surface area contributed by atoms with Crippen LogP contribution in [0.15, 0.2) is 29.1 Å². The lowest BCUT2D eigenvalue weighted by Gasteiger charge is -2.55. The fraction of sp³-hybridized carbons (Fsp3) is 0.667. The van der Waals surface area contributed by atoms with Gasteiger partial charge in [0.05, 0.1) is 11.0 Å². The lowest BCUT2D eigenvalue weighted by molar-refractivity contribution is -0.0494. The second-order valence-electron chi connectivity index (χ2n) is 10.6. The van der Waals surface area contributed by atoms with Crippen molar-refractivity contribution in [3.8, 4) is 0 Å². The monoisotopic (exact) mass is 455 g/mol. The van der Waals surface area contributed by atoms with Crippen molar-refractivity contribution in [3.05, 3.63) is 40.3 Å². The number of fused-ring (bicyclic) bond motifs is 1. The highest BCUT2D eigenvalue weighted by Gasteiger charge is 2.45. The maximum atomic E-state index is 13.4. The van der Waals surface area contributed by atoms with E-state index in [0.717, 1.165) is 37.6 Å². The Morgan fingerprint density at radius 1 is 1.21 bits per heavy atom. The summed E-state index contributed by atoms with van der Waals surface area (Å²) in [4.78, 5) is 32.1. The topological polar surface area (TPSA) is 75.4 Å². The molecule has 3 rings (SSSR count). The molecular formula is C27H41N3O3. The number of hydrogen-bond donors (Lipinski definition) is 1. The Bertz CT molecular complexity index is 1030. The summed E-state index contributed by atoms with van der Waals surface area (Å²) in [5.74, 6) is -0.582. The molecule has 0 radical (unpaired) electrons. The summed E-state index contributed by atoms with van der Waals surface area (Å²) in [6, 6.07) is 8.18. The number of hydrogen-bond acceptors (Lipinski definition) is 4. The number of benzene rings is 1. The molecule has 1 aromatic heterocycles. The molecule has 0 amide bonds. The summed E-state index contributed by atoms with van der Waals surface area (Å²) >= 11 is 0. The minimum atomic E-state index is -1.26. The summed E-state index contributed by atoms with van der Waals surface area (Å²) in [6.45, 7) is 13.7. The maximum Gasteiger partial charge on any atom is 0.360 e. The first kappa shape index (κ1) is 25.4. The molecule has 1 saturated heterocycles. The maximum absolute atomic E-state index is 13.4. The van der Waals surface area contributed by atoms with Crippen LogP contribution >= 0.6 is 0 Å². The van der Waals surface area contributed by atoms with E-state index in [9.17, 15) is 14.7 Å². The Hall–Kier alpha value is -2.21. The van der Waals surface area contributed by atoms with E-state index < -0.39 is 11.5 Å². The molecular weight excluding hydrogens is 414 g/mol. The van der Waals surface area contributed by atoms with Gasteiger partial charge in [0, 0.05) is 23.7 Å². The zero-order valence-corrected chi connectivity index (χ0v) is 21.2. The van der Waals surface area contributed by atoms with Gasteiger partial charge in [0.15, 0.2) is 0 Å². The van der Waals surface area contributed by atoms with Gasteiger partial charge in [0.1, 0.15) is 0 Å². The fourth-order valence-corrected chi connectivity index (χ4v) is 6.16. The molecule has 0 aliphatic carbocycles. The van der Waals surface area contributed by atoms with Crippen LogP contribution in [0.4, 0.5) is 0 Å². The van der Waals surface area contributed by atoms with Gasteiger partial charge in [0.2, 0.25) is 5.69 Å². The Balaban J connectivity index is 2.10. The van der Waals surface area contributed by atoms with Crippen molar-refractivity contribution in [1.82, 2.24) is 14.5 Å². The molecule has 1 aliphatic rings. The van der Waals surface area contributed by atoms with Gasteiger partial charge in [-0.05, 0) is 70.4 Å². The van der Waals surface area contributed by atoms with Crippen LogP contribution in [0.3, 0.4) is 0 Å². The SMILES string of the molecule is CCCC1(C)C[C@H](n2c(=O)c(C(=O)O)nc3ccccc32)C[C@H](CC)N1C(C)CCC(C)C. The molecule has 2 unspecified atom stereocenters. The van der Waals surface area contributed by atoms with E-state index in [0.29, 0.717) is 23.5 Å². The van der Waals surface area contributed by atoms with Gasteiger partial charge >= 0.3 is 5.97 Å². The van der Waals surface area contributed by atoms with Gasteiger partial charge in [-0.3, -0.25) is 9.69 Å². The van der Waals surface area contributed by atoms with Crippen LogP contribution in [-0.4, -0.2) is 43.1 Å². The smallest absolute Gasteiger partial charge is 0.360 e. The molecule has 182 valence electrons. The molecule has 2 heterocycles. The van der Waals surface area contributed by atoms with Crippen LogP contribution in [0, 0.1) is 5.92 Å². The molecule has 33 heavy (non-hydrogen) atoms. The first-order chi connectivity index (χ1) is 15.6. The predicted octanol–water partition coefficient (Wildman–Crippen LogP) is 5.89. The number of para-hydroxylation sites is 2. The minimum Gasteiger partial charge on any atom is -0.476 e. The van der Waals surface area contributed by atoms with Crippen LogP contribution in [0.2, 0.25) is 0 Å². The summed E-state index contributed by atoms with van der Waals surface area (Å²) in [7, 11) is 0. The number of likely N-dealkylation sites (tertiary alicyclic amines) is 1. The molecule has 1 aliphatic heterocycles. The van der Waals surface area contributed by atoms with Gasteiger partial charge in [-0.1, -0.05) is 46.2 Å². The molecule has 0 spiro atoms. The van der Waals surface area contributed by atoms with E-state index in [4.69, 9.17) is 0 Å². The first-order valence-electron chi connectivity index (χ1n) is 12.7. The Morgan fingerprint density at radius 3 is 2.52 bits per heavy atom. The van der Waals surface area contributed by atoms with Crippen molar-refractivity contribution in [1.29, 1.82) is 0 Å². The Labute approximate surface area is 198 Å². The van der Waals surface area contributed by atoms with Crippen molar-refractivity contribution in [2.75, 3.05) is 0 Å². The Kier molecular flexibility index (Phi) is 7.99. The lowest BCUT2D eigenvalue weighted by Crippen LogP contribution is -2.60. The highest BCUT2D eigenvalue weighted by atomic mass is 16.4. The Morgan fingerprint density at radius 2 is 1.91 bits per heavy atom. The molecule has 0 bridgehead atoms. The van der Waals surface area contributed by atoms with Gasteiger partial charge in [-0.15, -0.1) is 0 Å². The zero-order valence-electron chi connectivity index (χ0n) is 21.2. The van der Waals surface area contributed by atoms with Gasteiger partial charge in [-0.2, -0.15) is 0 Å². The van der Waals surface area contributed by atoms with Crippen molar-refractivity contribution >= 4 is 17.0 Å². The third-order valence-electron chi connectivity index (χ3n) is 7.50. The van der Waals surface area contributed by atoms with Crippen molar-refractivity contribution in [3.63, 3.8) is 0 Å². The summed E-state index contributed by atoms with van der Waals surface area (Å²) in [5.41, 5.74) is 0.370. The van der Waals surface area contributed by atoms with Gasteiger partial charge in [0.25, 0.3) is 5.56 Å². The molecule has 4 atom stereocenters. The highest BCUT2D eigenvalue weighted by Crippen LogP contribution is 2.44. The van der Waals surface area contributed by atoms with Gasteiger partial charge < -0.3 is 9.67 Å². The van der Waals surface area contributed by atoms with Crippen molar-refractivity contribution in [2.45, 2.75) is 110 Å². The van der Waals surface area contributed by atoms with Crippen molar-refractivity contribution < 1.29 is 9.90 Å². The second-order valence-corrected chi connectivity index (χ2v) is 10.6. The summed E-state index contributed by atoms with van der Waals surface area (Å²) in [6.07, 6.45) is 7.17. The molecule has 1 fully saturated rings. The summed E-state index contributed by atoms with van der Waals surface area (Å²) < 4.78 is 1.75. The van der Waals surface area contributed by atoms with Crippen LogP contribution in [0.25, 0.3) is 11.0 Å². The van der Waals surface area contributed by atoms with Crippen LogP contribution in [0.1, 0.15) is 103 Å². The van der Waals surface area contributed by atoms with E-state index in [2.05, 4.69) is 51.4 Å². The van der Waals surface area contributed by atoms with E-state index >= 15 is 0 Å². The normalized spacial score (nSPS) is 24.9. The molecule has 6 nitrogen and oxygen atoms in total. The number of aromatic carboxylic acids is 1. The molecule has 1 aromatic carbocycles. The average molecular weight is 456 g/mol. The average Bonchev–Trinajstić information content (AvgIpc) is 2.76. The van der Waals surface area contributed by atoms with Crippen LogP contribution < -0.4 is 5.56 Å². The molecule has 0 saturated carbocycles. The quantitative estimate of drug-likeness (QED) is 0.510. The lowest BCUT2D eigenvalue weighted by atomic mass is 9.76. The highest BCUT2D eigenvalue weighted by molar-refractivity contribution is 5.88. The first-order valence-corrected chi connectivity index (χ1v) is 12.7. The minimum absolute atomic E-state index is 0.0536. The number of nitrogens with zero attached hydrogens (tertiary/aromatic N) is 3. The number of piperidine rings is 1. The number of carbonyl (C=O) groups is 1. The van der Waals surface area contributed by atoms with Crippen molar-refractivity contribution in [2.24, 2.45) is 5.92 Å². The third kappa shape index (κ3) is 5.16. The zero-order chi connectivity index (χ0) is 24.3. The number of carboxylic acid groups (broad SMARTS) is 1. The van der Waals surface area contributed by atoms with Crippen LogP contribution in [-0.2, 0) is 0 Å². The summed E-state index contributed by atoms with van der Waals surface area (Å²) in [5, 5.41) is 9.67. The van der Waals surface area contributed by atoms with E-state index in [-0.39, 0.29) is 17.3 Å². The van der Waals surface area contributed by atoms with Crippen LogP contribution in [0.5, 0.6) is 0 Å². The second kappa shape index (κ2) is 10.4. The molecule has 1 N–H and O–H groups in total. The number of aromatic nitrogens is 2. The molecule has 2 aromatic rings. The fourth-order valence-electron chi connectivity index (χ4n) is 6.16. The van der Waals surface area contributed by atoms with E-state index in [1.54, 1.807) is 10.6 Å². The van der Waals surface area contributed by atoms with E-state index in [1.165, 1.54) is 12.8 Å².